The minimum Gasteiger partial charge on any atom is -0.0796 e. The summed E-state index contributed by atoms with van der Waals surface area (Å²) in [4.78, 5) is 0. The number of rotatable bonds is 2. The van der Waals surface area contributed by atoms with E-state index in [-0.39, 0.29) is 0 Å². The summed E-state index contributed by atoms with van der Waals surface area (Å²) in [6.45, 7) is 11.1. The Hall–Kier alpha value is -0.650. The lowest BCUT2D eigenvalue weighted by Gasteiger charge is -2.00. The van der Waals surface area contributed by atoms with Crippen LogP contribution < -0.4 is 10.9 Å². The fourth-order valence-corrected chi connectivity index (χ4v) is 3.48. The first kappa shape index (κ1) is 10.5. The first-order valence-corrected chi connectivity index (χ1v) is 6.71. The van der Waals surface area contributed by atoms with Crippen LogP contribution in [-0.2, 0) is 0 Å². The van der Waals surface area contributed by atoms with E-state index in [2.05, 4.69) is 52.0 Å². The molecule has 0 radical (unpaired) electrons. The molecule has 4 atom stereocenters. The van der Waals surface area contributed by atoms with Gasteiger partial charge in [-0.25, -0.2) is 0 Å². The zero-order valence-corrected chi connectivity index (χ0v) is 10.8. The van der Waals surface area contributed by atoms with Crippen LogP contribution in [-0.4, -0.2) is 13.4 Å². The van der Waals surface area contributed by atoms with Crippen molar-refractivity contribution in [1.29, 1.82) is 0 Å². The Morgan fingerprint density at radius 1 is 0.625 bits per heavy atom. The number of benzene rings is 1. The predicted molar refractivity (Wildman–Crippen MR) is 74.9 cm³/mol. The lowest BCUT2D eigenvalue weighted by Crippen LogP contribution is -2.23. The molecule has 4 unspecified atom stereocenters. The van der Waals surface area contributed by atoms with Crippen LogP contribution in [0.15, 0.2) is 24.3 Å². The van der Waals surface area contributed by atoms with E-state index in [0.29, 0.717) is 0 Å². The molecule has 16 heavy (non-hydrogen) atoms. The molecule has 0 saturated carbocycles. The van der Waals surface area contributed by atoms with E-state index in [4.69, 9.17) is 0 Å². The Balaban J connectivity index is 1.76. The van der Waals surface area contributed by atoms with Crippen LogP contribution in [0, 0.1) is 0 Å². The van der Waals surface area contributed by atoms with Gasteiger partial charge in [0.25, 0.3) is 0 Å². The van der Waals surface area contributed by atoms with Crippen molar-refractivity contribution in [2.75, 3.05) is 0 Å². The van der Waals surface area contributed by atoms with Crippen molar-refractivity contribution in [3.8, 4) is 0 Å². The second-order valence-corrected chi connectivity index (χ2v) is 6.15. The summed E-state index contributed by atoms with van der Waals surface area (Å²) in [6, 6.07) is 9.49. The summed E-state index contributed by atoms with van der Waals surface area (Å²) in [6.07, 6.45) is 0. The molecule has 1 aromatic carbocycles. The van der Waals surface area contributed by atoms with Gasteiger partial charge in [0.1, 0.15) is 0 Å². The molecule has 2 aliphatic rings. The van der Waals surface area contributed by atoms with Crippen LogP contribution in [0.4, 0.5) is 0 Å². The lowest BCUT2D eigenvalue weighted by atomic mass is 9.55. The van der Waals surface area contributed by atoms with Gasteiger partial charge in [-0.15, -0.1) is 0 Å². The fourth-order valence-electron chi connectivity index (χ4n) is 3.48. The third-order valence-electron chi connectivity index (χ3n) is 5.35. The molecule has 0 bridgehead atoms. The first-order valence-electron chi connectivity index (χ1n) is 6.71. The third-order valence-corrected chi connectivity index (χ3v) is 5.35. The maximum Gasteiger partial charge on any atom is 0.180 e. The SMILES string of the molecule is CC1B(c2ccc(B3C(C)C3C)cc2)C1C. The van der Waals surface area contributed by atoms with Gasteiger partial charge >= 0.3 is 0 Å². The Morgan fingerprint density at radius 2 is 0.875 bits per heavy atom. The second kappa shape index (κ2) is 3.42. The van der Waals surface area contributed by atoms with Gasteiger partial charge in [-0.3, -0.25) is 0 Å². The van der Waals surface area contributed by atoms with Gasteiger partial charge in [0, 0.05) is 0 Å². The predicted octanol–water partition coefficient (Wildman–Crippen LogP) is 2.68. The van der Waals surface area contributed by atoms with Crippen molar-refractivity contribution in [3.05, 3.63) is 24.3 Å². The zero-order chi connectivity index (χ0) is 11.4. The highest BCUT2D eigenvalue weighted by atomic mass is 14.2. The molecular formula is C14H20B2. The second-order valence-electron chi connectivity index (χ2n) is 6.15. The average molecular weight is 210 g/mol. The monoisotopic (exact) mass is 210 g/mol. The third kappa shape index (κ3) is 1.46. The van der Waals surface area contributed by atoms with Crippen molar-refractivity contribution in [3.63, 3.8) is 0 Å². The minimum atomic E-state index is 0.836. The van der Waals surface area contributed by atoms with Gasteiger partial charge in [-0.1, -0.05) is 86.2 Å². The van der Waals surface area contributed by atoms with Crippen LogP contribution >= 0.6 is 0 Å². The van der Waals surface area contributed by atoms with Crippen molar-refractivity contribution < 1.29 is 0 Å². The van der Waals surface area contributed by atoms with E-state index in [9.17, 15) is 0 Å². The van der Waals surface area contributed by atoms with E-state index in [1.807, 2.05) is 0 Å². The average Bonchev–Trinajstić information content (AvgIpc) is 3.08. The smallest absolute Gasteiger partial charge is 0.0796 e. The van der Waals surface area contributed by atoms with E-state index in [1.165, 1.54) is 0 Å². The summed E-state index contributed by atoms with van der Waals surface area (Å²) >= 11 is 0. The molecule has 2 heteroatoms. The fraction of sp³-hybridized carbons (Fsp3) is 0.571. The zero-order valence-electron chi connectivity index (χ0n) is 10.8. The molecular weight excluding hydrogens is 190 g/mol. The van der Waals surface area contributed by atoms with Crippen molar-refractivity contribution in [2.45, 2.75) is 51.0 Å². The van der Waals surface area contributed by atoms with Crippen LogP contribution in [0.3, 0.4) is 0 Å². The molecule has 2 aliphatic heterocycles. The van der Waals surface area contributed by atoms with Crippen LogP contribution in [0.5, 0.6) is 0 Å². The number of hydrogen-bond donors (Lipinski definition) is 0. The molecule has 0 nitrogen and oxygen atoms in total. The molecule has 0 amide bonds. The standard InChI is InChI=1S/C14H20B2/c1-9-10(2)15(9)13-5-7-14(8-6-13)16-11(3)12(16)4/h5-12H,1-4H3. The molecule has 0 aliphatic carbocycles. The van der Waals surface area contributed by atoms with E-state index in [0.717, 1.165) is 36.7 Å². The normalized spacial score (nSPS) is 36.5. The summed E-state index contributed by atoms with van der Waals surface area (Å²) in [5.41, 5.74) is 3.12. The van der Waals surface area contributed by atoms with Gasteiger partial charge in [0.05, 0.1) is 0 Å². The molecule has 3 rings (SSSR count). The molecule has 0 spiro atoms. The van der Waals surface area contributed by atoms with Crippen LogP contribution in [0.1, 0.15) is 27.7 Å². The van der Waals surface area contributed by atoms with Gasteiger partial charge < -0.3 is 0 Å². The summed E-state index contributed by atoms with van der Waals surface area (Å²) in [5.74, 6) is 3.57. The van der Waals surface area contributed by atoms with Crippen molar-refractivity contribution in [1.82, 2.24) is 0 Å². The molecule has 82 valence electrons. The van der Waals surface area contributed by atoms with Gasteiger partial charge in [-0.05, 0) is 0 Å². The Labute approximate surface area is 100.0 Å². The Morgan fingerprint density at radius 3 is 1.06 bits per heavy atom. The highest BCUT2D eigenvalue weighted by Gasteiger charge is 2.49. The largest absolute Gasteiger partial charge is 0.180 e. The number of hydrogen-bond acceptors (Lipinski definition) is 0. The summed E-state index contributed by atoms with van der Waals surface area (Å²) < 4.78 is 0. The Kier molecular flexibility index (Phi) is 2.24. The highest BCUT2D eigenvalue weighted by molar-refractivity contribution is 6.87. The quantitative estimate of drug-likeness (QED) is 0.658. The van der Waals surface area contributed by atoms with Crippen molar-refractivity contribution in [2.24, 2.45) is 0 Å². The van der Waals surface area contributed by atoms with E-state index < -0.39 is 0 Å². The van der Waals surface area contributed by atoms with Crippen molar-refractivity contribution >= 4 is 24.4 Å². The molecule has 2 fully saturated rings. The maximum atomic E-state index is 2.37. The first-order chi connectivity index (χ1) is 7.61. The van der Waals surface area contributed by atoms with E-state index >= 15 is 0 Å². The van der Waals surface area contributed by atoms with Gasteiger partial charge in [0.15, 0.2) is 13.4 Å². The van der Waals surface area contributed by atoms with Crippen LogP contribution in [0.2, 0.25) is 23.3 Å². The molecule has 2 saturated heterocycles. The topological polar surface area (TPSA) is 0 Å². The highest BCUT2D eigenvalue weighted by Crippen LogP contribution is 2.49. The molecule has 0 N–H and O–H groups in total. The summed E-state index contributed by atoms with van der Waals surface area (Å²) in [5, 5.41) is 0. The van der Waals surface area contributed by atoms with Gasteiger partial charge in [-0.2, -0.15) is 0 Å². The summed E-state index contributed by atoms with van der Waals surface area (Å²) in [7, 11) is 0. The van der Waals surface area contributed by atoms with Gasteiger partial charge in [0.2, 0.25) is 0 Å². The van der Waals surface area contributed by atoms with Crippen LogP contribution in [0.25, 0.3) is 0 Å². The molecule has 1 aromatic rings. The molecule has 2 heterocycles. The van der Waals surface area contributed by atoms with E-state index in [1.54, 1.807) is 10.9 Å². The Bertz CT molecular complexity index is 343. The molecule has 0 aromatic heterocycles. The maximum absolute atomic E-state index is 2.37. The minimum absolute atomic E-state index is 0.836. The lowest BCUT2D eigenvalue weighted by molar-refractivity contribution is 1.02.